The summed E-state index contributed by atoms with van der Waals surface area (Å²) in [5, 5.41) is 3.44. The molecule has 1 aromatic heterocycles. The van der Waals surface area contributed by atoms with E-state index in [1.54, 1.807) is 0 Å². The van der Waals surface area contributed by atoms with Gasteiger partial charge in [0.15, 0.2) is 0 Å². The number of nitrogens with zero attached hydrogens (tertiary/aromatic N) is 2. The lowest BCUT2D eigenvalue weighted by Gasteiger charge is -2.12. The Morgan fingerprint density at radius 2 is 2.00 bits per heavy atom. The van der Waals surface area contributed by atoms with Gasteiger partial charge in [0.2, 0.25) is 5.88 Å². The van der Waals surface area contributed by atoms with Gasteiger partial charge in [-0.15, -0.1) is 0 Å². The Bertz CT molecular complexity index is 394. The molecule has 0 aliphatic heterocycles. The smallest absolute Gasteiger partial charge is 0.213 e. The fourth-order valence-corrected chi connectivity index (χ4v) is 2.15. The minimum atomic E-state index is 0.725. The first-order chi connectivity index (χ1) is 10.2. The highest BCUT2D eigenvalue weighted by molar-refractivity contribution is 5.25. The zero-order valence-electron chi connectivity index (χ0n) is 14.1. The zero-order chi connectivity index (χ0) is 15.5. The molecule has 1 aromatic rings. The molecule has 0 fully saturated rings. The molecule has 0 bridgehead atoms. The Morgan fingerprint density at radius 1 is 1.19 bits per heavy atom. The quantitative estimate of drug-likeness (QED) is 0.637. The summed E-state index contributed by atoms with van der Waals surface area (Å²) in [4.78, 5) is 6.78. The number of pyridine rings is 1. The lowest BCUT2D eigenvalue weighted by atomic mass is 10.1. The summed E-state index contributed by atoms with van der Waals surface area (Å²) < 4.78 is 5.82. The van der Waals surface area contributed by atoms with Crippen LogP contribution in [0, 0.1) is 0 Å². The summed E-state index contributed by atoms with van der Waals surface area (Å²) in [6.45, 7) is 8.07. The maximum Gasteiger partial charge on any atom is 0.213 e. The van der Waals surface area contributed by atoms with E-state index in [0.717, 1.165) is 63.5 Å². The molecule has 21 heavy (non-hydrogen) atoms. The van der Waals surface area contributed by atoms with Crippen molar-refractivity contribution in [2.45, 2.75) is 46.1 Å². The molecule has 4 heteroatoms. The highest BCUT2D eigenvalue weighted by Gasteiger charge is 2.04. The molecular formula is C17H31N3O. The van der Waals surface area contributed by atoms with Gasteiger partial charge in [0.25, 0.3) is 0 Å². The molecule has 1 N–H and O–H groups in total. The third-order valence-corrected chi connectivity index (χ3v) is 3.18. The maximum atomic E-state index is 5.82. The van der Waals surface area contributed by atoms with Crippen molar-refractivity contribution in [3.05, 3.63) is 23.4 Å². The van der Waals surface area contributed by atoms with Crippen molar-refractivity contribution in [3.8, 4) is 5.88 Å². The Balaban J connectivity index is 2.58. The molecule has 0 radical (unpaired) electrons. The van der Waals surface area contributed by atoms with Crippen LogP contribution in [0.1, 0.15) is 44.4 Å². The number of hydrogen-bond donors (Lipinski definition) is 1. The topological polar surface area (TPSA) is 37.4 Å². The van der Waals surface area contributed by atoms with Gasteiger partial charge >= 0.3 is 0 Å². The minimum Gasteiger partial charge on any atom is -0.478 e. The van der Waals surface area contributed by atoms with E-state index >= 15 is 0 Å². The standard InChI is InChI=1S/C17H31N3O/c1-5-8-16-12-15(14-18-9-6-2)13-17(19-16)21-11-7-10-20(3)4/h12-13,18H,5-11,14H2,1-4H3. The SMILES string of the molecule is CCCNCc1cc(CCC)nc(OCCCN(C)C)c1. The molecule has 0 amide bonds. The molecule has 0 atom stereocenters. The molecule has 0 aliphatic carbocycles. The van der Waals surface area contributed by atoms with Gasteiger partial charge in [0.05, 0.1) is 6.61 Å². The fourth-order valence-electron chi connectivity index (χ4n) is 2.15. The third-order valence-electron chi connectivity index (χ3n) is 3.18. The first-order valence-corrected chi connectivity index (χ1v) is 8.13. The monoisotopic (exact) mass is 293 g/mol. The molecule has 0 saturated carbocycles. The summed E-state index contributed by atoms with van der Waals surface area (Å²) in [6.07, 6.45) is 4.30. The van der Waals surface area contributed by atoms with Crippen LogP contribution in [-0.4, -0.2) is 43.7 Å². The number of ether oxygens (including phenoxy) is 1. The second kappa shape index (κ2) is 10.6. The van der Waals surface area contributed by atoms with E-state index in [1.165, 1.54) is 5.56 Å². The van der Waals surface area contributed by atoms with E-state index in [9.17, 15) is 0 Å². The van der Waals surface area contributed by atoms with Gasteiger partial charge in [-0.1, -0.05) is 20.3 Å². The summed E-state index contributed by atoms with van der Waals surface area (Å²) in [6, 6.07) is 4.26. The van der Waals surface area contributed by atoms with Crippen molar-refractivity contribution in [1.29, 1.82) is 0 Å². The summed E-state index contributed by atoms with van der Waals surface area (Å²) in [7, 11) is 4.16. The molecule has 120 valence electrons. The van der Waals surface area contributed by atoms with Crippen molar-refractivity contribution in [2.24, 2.45) is 0 Å². The van der Waals surface area contributed by atoms with Crippen LogP contribution in [0.4, 0.5) is 0 Å². The van der Waals surface area contributed by atoms with E-state index in [1.807, 2.05) is 0 Å². The largest absolute Gasteiger partial charge is 0.478 e. The number of rotatable bonds is 11. The van der Waals surface area contributed by atoms with E-state index in [0.29, 0.717) is 0 Å². The Hall–Kier alpha value is -1.13. The highest BCUT2D eigenvalue weighted by atomic mass is 16.5. The van der Waals surface area contributed by atoms with Gasteiger partial charge < -0.3 is 15.0 Å². The van der Waals surface area contributed by atoms with Gasteiger partial charge in [-0.25, -0.2) is 4.98 Å². The molecule has 0 aromatic carbocycles. The number of nitrogens with one attached hydrogen (secondary N) is 1. The predicted octanol–water partition coefficient (Wildman–Crippen LogP) is 2.86. The Labute approximate surface area is 129 Å². The van der Waals surface area contributed by atoms with Crippen LogP contribution in [0.5, 0.6) is 5.88 Å². The number of hydrogen-bond acceptors (Lipinski definition) is 4. The number of aromatic nitrogens is 1. The predicted molar refractivity (Wildman–Crippen MR) is 88.9 cm³/mol. The van der Waals surface area contributed by atoms with E-state index in [2.05, 4.69) is 55.3 Å². The van der Waals surface area contributed by atoms with Gasteiger partial charge in [0, 0.05) is 24.8 Å². The van der Waals surface area contributed by atoms with Crippen molar-refractivity contribution < 1.29 is 4.74 Å². The van der Waals surface area contributed by atoms with Crippen molar-refractivity contribution in [1.82, 2.24) is 15.2 Å². The van der Waals surface area contributed by atoms with Gasteiger partial charge in [-0.05, 0) is 51.5 Å². The molecular weight excluding hydrogens is 262 g/mol. The second-order valence-corrected chi connectivity index (χ2v) is 5.74. The molecule has 1 rings (SSSR count). The van der Waals surface area contributed by atoms with Gasteiger partial charge in [-0.2, -0.15) is 0 Å². The van der Waals surface area contributed by atoms with E-state index in [4.69, 9.17) is 4.74 Å². The van der Waals surface area contributed by atoms with Gasteiger partial charge in [0.1, 0.15) is 0 Å². The maximum absolute atomic E-state index is 5.82. The second-order valence-electron chi connectivity index (χ2n) is 5.74. The van der Waals surface area contributed by atoms with Crippen LogP contribution in [0.3, 0.4) is 0 Å². The third kappa shape index (κ3) is 8.02. The van der Waals surface area contributed by atoms with Crippen LogP contribution >= 0.6 is 0 Å². The summed E-state index contributed by atoms with van der Waals surface area (Å²) in [5.74, 6) is 0.771. The van der Waals surface area contributed by atoms with Crippen LogP contribution in [0.2, 0.25) is 0 Å². The lowest BCUT2D eigenvalue weighted by Crippen LogP contribution is -2.16. The van der Waals surface area contributed by atoms with Crippen LogP contribution in [0.25, 0.3) is 0 Å². The number of aryl methyl sites for hydroxylation is 1. The normalized spacial score (nSPS) is 11.1. The van der Waals surface area contributed by atoms with Crippen molar-refractivity contribution >= 4 is 0 Å². The fraction of sp³-hybridized carbons (Fsp3) is 0.706. The molecule has 4 nitrogen and oxygen atoms in total. The average molecular weight is 293 g/mol. The first-order valence-electron chi connectivity index (χ1n) is 8.13. The molecule has 0 unspecified atom stereocenters. The van der Waals surface area contributed by atoms with Crippen LogP contribution in [0.15, 0.2) is 12.1 Å². The molecule has 0 saturated heterocycles. The van der Waals surface area contributed by atoms with E-state index < -0.39 is 0 Å². The van der Waals surface area contributed by atoms with Crippen LogP contribution < -0.4 is 10.1 Å². The molecule has 0 aliphatic rings. The van der Waals surface area contributed by atoms with Crippen LogP contribution in [-0.2, 0) is 13.0 Å². The zero-order valence-corrected chi connectivity index (χ0v) is 14.1. The highest BCUT2D eigenvalue weighted by Crippen LogP contribution is 2.14. The first kappa shape index (κ1) is 17.9. The summed E-state index contributed by atoms with van der Waals surface area (Å²) in [5.41, 5.74) is 2.40. The van der Waals surface area contributed by atoms with Gasteiger partial charge in [-0.3, -0.25) is 0 Å². The minimum absolute atomic E-state index is 0.725. The van der Waals surface area contributed by atoms with Crippen molar-refractivity contribution in [3.63, 3.8) is 0 Å². The molecule has 1 heterocycles. The van der Waals surface area contributed by atoms with Crippen molar-refractivity contribution in [2.75, 3.05) is 33.8 Å². The summed E-state index contributed by atoms with van der Waals surface area (Å²) >= 11 is 0. The Kier molecular flexibility index (Phi) is 9.02. The lowest BCUT2D eigenvalue weighted by molar-refractivity contribution is 0.272. The van der Waals surface area contributed by atoms with E-state index in [-0.39, 0.29) is 0 Å². The Morgan fingerprint density at radius 3 is 2.67 bits per heavy atom. The molecule has 0 spiro atoms. The average Bonchev–Trinajstić information content (AvgIpc) is 2.44.